The maximum absolute atomic E-state index is 11.9. The Morgan fingerprint density at radius 2 is 2.00 bits per heavy atom. The molecule has 7 heteroatoms. The lowest BCUT2D eigenvalue weighted by Crippen LogP contribution is -2.28. The monoisotopic (exact) mass is 262 g/mol. The van der Waals surface area contributed by atoms with Crippen molar-refractivity contribution in [2.24, 2.45) is 5.92 Å². The second-order valence-electron chi connectivity index (χ2n) is 4.27. The molecule has 7 nitrogen and oxygen atoms in total. The first kappa shape index (κ1) is 12.9. The van der Waals surface area contributed by atoms with Crippen molar-refractivity contribution in [1.82, 2.24) is 14.9 Å². The lowest BCUT2D eigenvalue weighted by Gasteiger charge is -2.12. The lowest BCUT2D eigenvalue weighted by atomic mass is 10.0. The van der Waals surface area contributed by atoms with Gasteiger partial charge in [0.15, 0.2) is 11.5 Å². The third kappa shape index (κ3) is 3.21. The average molecular weight is 262 g/mol. The number of nitrogens with zero attached hydrogens (tertiary/aromatic N) is 3. The number of phenols is 2. The van der Waals surface area contributed by atoms with Gasteiger partial charge in [-0.1, -0.05) is 13.0 Å². The van der Waals surface area contributed by atoms with Gasteiger partial charge in [-0.25, -0.2) is 4.68 Å². The van der Waals surface area contributed by atoms with Gasteiger partial charge in [0.2, 0.25) is 5.91 Å². The highest BCUT2D eigenvalue weighted by atomic mass is 16.3. The molecular formula is C12H14N4O3. The second-order valence-corrected chi connectivity index (χ2v) is 4.27. The molecule has 1 aromatic carbocycles. The molecule has 100 valence electrons. The minimum Gasteiger partial charge on any atom is -0.504 e. The fourth-order valence-electron chi connectivity index (χ4n) is 1.64. The van der Waals surface area contributed by atoms with Crippen LogP contribution in [-0.4, -0.2) is 31.0 Å². The summed E-state index contributed by atoms with van der Waals surface area (Å²) in [6.45, 7) is 1.77. The van der Waals surface area contributed by atoms with E-state index in [1.165, 1.54) is 29.5 Å². The normalized spacial score (nSPS) is 12.1. The summed E-state index contributed by atoms with van der Waals surface area (Å²) < 4.78 is 1.37. The zero-order chi connectivity index (χ0) is 13.8. The first-order valence-corrected chi connectivity index (χ1v) is 5.72. The molecule has 0 spiro atoms. The highest BCUT2D eigenvalue weighted by Gasteiger charge is 2.14. The van der Waals surface area contributed by atoms with Crippen molar-refractivity contribution < 1.29 is 15.0 Å². The molecule has 1 amide bonds. The van der Waals surface area contributed by atoms with Crippen LogP contribution in [0.1, 0.15) is 12.5 Å². The summed E-state index contributed by atoms with van der Waals surface area (Å²) in [6, 6.07) is 4.50. The predicted octanol–water partition coefficient (Wildman–Crippen LogP) is 0.638. The molecule has 0 aliphatic carbocycles. The molecule has 2 aromatic rings. The summed E-state index contributed by atoms with van der Waals surface area (Å²) in [5.41, 5.74) is 3.37. The number of hydrogen-bond acceptors (Lipinski definition) is 5. The molecule has 0 bridgehead atoms. The second kappa shape index (κ2) is 5.38. The van der Waals surface area contributed by atoms with Gasteiger partial charge in [-0.15, -0.1) is 10.2 Å². The van der Waals surface area contributed by atoms with E-state index in [4.69, 9.17) is 0 Å². The van der Waals surface area contributed by atoms with Crippen LogP contribution in [0.4, 0.5) is 0 Å². The van der Waals surface area contributed by atoms with E-state index in [0.717, 1.165) is 5.56 Å². The number of aromatic nitrogens is 3. The van der Waals surface area contributed by atoms with Gasteiger partial charge >= 0.3 is 0 Å². The molecular weight excluding hydrogens is 248 g/mol. The van der Waals surface area contributed by atoms with Crippen LogP contribution in [0, 0.1) is 5.92 Å². The number of phenolic OH excluding ortho intramolecular Hbond substituents is 2. The van der Waals surface area contributed by atoms with Gasteiger partial charge in [0, 0.05) is 5.92 Å². The maximum atomic E-state index is 11.9. The zero-order valence-corrected chi connectivity index (χ0v) is 10.3. The number of rotatable bonds is 4. The third-order valence-corrected chi connectivity index (χ3v) is 2.69. The van der Waals surface area contributed by atoms with Gasteiger partial charge in [0.25, 0.3) is 0 Å². The molecule has 1 heterocycles. The molecule has 0 saturated heterocycles. The largest absolute Gasteiger partial charge is 0.504 e. The number of carbonyl (C=O) groups is 1. The van der Waals surface area contributed by atoms with Crippen molar-refractivity contribution in [1.29, 1.82) is 0 Å². The van der Waals surface area contributed by atoms with E-state index in [-0.39, 0.29) is 23.3 Å². The van der Waals surface area contributed by atoms with Gasteiger partial charge in [0.1, 0.15) is 12.7 Å². The summed E-state index contributed by atoms with van der Waals surface area (Å²) in [5.74, 6) is -0.854. The average Bonchev–Trinajstić information content (AvgIpc) is 2.86. The van der Waals surface area contributed by atoms with Crippen LogP contribution in [0.5, 0.6) is 11.5 Å². The molecule has 0 radical (unpaired) electrons. The first-order chi connectivity index (χ1) is 9.06. The van der Waals surface area contributed by atoms with Gasteiger partial charge in [-0.05, 0) is 24.1 Å². The molecule has 1 unspecified atom stereocenters. The highest BCUT2D eigenvalue weighted by molar-refractivity contribution is 5.85. The van der Waals surface area contributed by atoms with E-state index in [2.05, 4.69) is 15.6 Å². The Morgan fingerprint density at radius 3 is 2.63 bits per heavy atom. The molecule has 1 atom stereocenters. The number of nitrogens with one attached hydrogen (secondary N) is 1. The van der Waals surface area contributed by atoms with Crippen LogP contribution in [0.15, 0.2) is 30.9 Å². The van der Waals surface area contributed by atoms with Gasteiger partial charge < -0.3 is 10.2 Å². The van der Waals surface area contributed by atoms with E-state index in [1.54, 1.807) is 13.0 Å². The standard InChI is InChI=1S/C12H14N4O3/c1-8(12(19)15-16-6-13-14-7-16)4-9-2-3-10(17)11(18)5-9/h2-3,5-8,17-18H,4H2,1H3,(H,15,19). The van der Waals surface area contributed by atoms with Gasteiger partial charge in [0.05, 0.1) is 0 Å². The Kier molecular flexibility index (Phi) is 3.65. The number of aromatic hydroxyl groups is 2. The number of hydrogen-bond donors (Lipinski definition) is 3. The van der Waals surface area contributed by atoms with E-state index in [9.17, 15) is 15.0 Å². The summed E-state index contributed by atoms with van der Waals surface area (Å²) in [6.07, 6.45) is 3.22. The van der Waals surface area contributed by atoms with E-state index in [0.29, 0.717) is 6.42 Å². The Labute approximate surface area is 109 Å². The first-order valence-electron chi connectivity index (χ1n) is 5.72. The minimum atomic E-state index is -0.300. The molecule has 19 heavy (non-hydrogen) atoms. The molecule has 0 aliphatic heterocycles. The van der Waals surface area contributed by atoms with Crippen LogP contribution in [0.2, 0.25) is 0 Å². The molecule has 1 aromatic heterocycles. The quantitative estimate of drug-likeness (QED) is 0.702. The molecule has 3 N–H and O–H groups in total. The summed E-state index contributed by atoms with van der Waals surface area (Å²) in [5, 5.41) is 25.8. The van der Waals surface area contributed by atoms with E-state index in [1.807, 2.05) is 0 Å². The Morgan fingerprint density at radius 1 is 1.32 bits per heavy atom. The smallest absolute Gasteiger partial charge is 0.242 e. The Bertz CT molecular complexity index is 568. The van der Waals surface area contributed by atoms with Crippen molar-refractivity contribution in [3.8, 4) is 11.5 Å². The van der Waals surface area contributed by atoms with Crippen molar-refractivity contribution in [2.75, 3.05) is 5.43 Å². The van der Waals surface area contributed by atoms with Crippen LogP contribution < -0.4 is 5.43 Å². The minimum absolute atomic E-state index is 0.176. The lowest BCUT2D eigenvalue weighted by molar-refractivity contribution is -0.120. The van der Waals surface area contributed by atoms with Crippen LogP contribution in [0.3, 0.4) is 0 Å². The van der Waals surface area contributed by atoms with Crippen molar-refractivity contribution >= 4 is 5.91 Å². The molecule has 2 rings (SSSR count). The fourth-order valence-corrected chi connectivity index (χ4v) is 1.64. The van der Waals surface area contributed by atoms with Crippen LogP contribution in [-0.2, 0) is 11.2 Å². The SMILES string of the molecule is CC(Cc1ccc(O)c(O)c1)C(=O)Nn1cnnc1. The number of carbonyl (C=O) groups excluding carboxylic acids is 1. The molecule has 0 fully saturated rings. The predicted molar refractivity (Wildman–Crippen MR) is 67.0 cm³/mol. The fraction of sp³-hybridized carbons (Fsp3) is 0.250. The number of benzene rings is 1. The summed E-state index contributed by atoms with van der Waals surface area (Å²) in [4.78, 5) is 11.9. The highest BCUT2D eigenvalue weighted by Crippen LogP contribution is 2.26. The summed E-state index contributed by atoms with van der Waals surface area (Å²) in [7, 11) is 0. The Hall–Kier alpha value is -2.57. The van der Waals surface area contributed by atoms with E-state index >= 15 is 0 Å². The zero-order valence-electron chi connectivity index (χ0n) is 10.3. The number of amides is 1. The molecule has 0 aliphatic rings. The maximum Gasteiger partial charge on any atom is 0.242 e. The summed E-state index contributed by atoms with van der Waals surface area (Å²) >= 11 is 0. The third-order valence-electron chi connectivity index (χ3n) is 2.69. The van der Waals surface area contributed by atoms with Gasteiger partial charge in [-0.2, -0.15) is 0 Å². The Balaban J connectivity index is 1.98. The van der Waals surface area contributed by atoms with Crippen molar-refractivity contribution in [3.05, 3.63) is 36.4 Å². The van der Waals surface area contributed by atoms with E-state index < -0.39 is 0 Å². The van der Waals surface area contributed by atoms with Crippen LogP contribution in [0.25, 0.3) is 0 Å². The topological polar surface area (TPSA) is 100 Å². The van der Waals surface area contributed by atoms with Crippen molar-refractivity contribution in [3.63, 3.8) is 0 Å². The van der Waals surface area contributed by atoms with Crippen molar-refractivity contribution in [2.45, 2.75) is 13.3 Å². The van der Waals surface area contributed by atoms with Crippen LogP contribution >= 0.6 is 0 Å². The van der Waals surface area contributed by atoms with Gasteiger partial charge in [-0.3, -0.25) is 10.2 Å². The molecule has 0 saturated carbocycles.